The molecule has 0 aliphatic carbocycles. The van der Waals surface area contributed by atoms with Gasteiger partial charge in [-0.3, -0.25) is 4.79 Å². The first-order chi connectivity index (χ1) is 8.49. The van der Waals surface area contributed by atoms with E-state index in [1.807, 2.05) is 38.1 Å². The van der Waals surface area contributed by atoms with Gasteiger partial charge in [0.15, 0.2) is 5.43 Å². The molecule has 0 saturated carbocycles. The molecule has 1 atom stereocenters. The smallest absolute Gasteiger partial charge is 0.182 e. The Kier molecular flexibility index (Phi) is 3.24. The van der Waals surface area contributed by atoms with E-state index in [4.69, 9.17) is 5.73 Å². The van der Waals surface area contributed by atoms with Crippen LogP contribution in [0, 0.1) is 13.8 Å². The summed E-state index contributed by atoms with van der Waals surface area (Å²) in [6.45, 7) is 6.04. The Labute approximate surface area is 107 Å². The van der Waals surface area contributed by atoms with Gasteiger partial charge < -0.3 is 10.3 Å². The minimum absolute atomic E-state index is 0.0609. The fraction of sp³-hybridized carbons (Fsp3) is 0.267. The average Bonchev–Trinajstić information content (AvgIpc) is 2.28. The molecular weight excluding hydrogens is 224 g/mol. The number of nitrogen functional groups attached to an aromatic ring is 1. The van der Waals surface area contributed by atoms with E-state index in [-0.39, 0.29) is 11.5 Å². The van der Waals surface area contributed by atoms with E-state index in [2.05, 4.69) is 11.5 Å². The van der Waals surface area contributed by atoms with E-state index in [1.54, 1.807) is 12.1 Å². The molecule has 94 valence electrons. The molecule has 1 aromatic carbocycles. The van der Waals surface area contributed by atoms with Crippen molar-refractivity contribution in [1.82, 2.24) is 4.57 Å². The Morgan fingerprint density at radius 1 is 1.06 bits per heavy atom. The van der Waals surface area contributed by atoms with Gasteiger partial charge >= 0.3 is 0 Å². The Balaban J connectivity index is 2.49. The van der Waals surface area contributed by atoms with E-state index >= 15 is 0 Å². The summed E-state index contributed by atoms with van der Waals surface area (Å²) < 4.78 is 2.16. The second-order valence-electron chi connectivity index (χ2n) is 4.69. The normalized spacial score (nSPS) is 12.4. The van der Waals surface area contributed by atoms with E-state index in [1.165, 1.54) is 5.56 Å². The highest BCUT2D eigenvalue weighted by molar-refractivity contribution is 5.40. The van der Waals surface area contributed by atoms with Crippen LogP contribution in [0.1, 0.15) is 29.9 Å². The van der Waals surface area contributed by atoms with Gasteiger partial charge in [-0.1, -0.05) is 12.1 Å². The molecule has 3 nitrogen and oxygen atoms in total. The van der Waals surface area contributed by atoms with Crippen LogP contribution in [0.15, 0.2) is 41.2 Å². The molecule has 0 aliphatic rings. The van der Waals surface area contributed by atoms with Crippen LogP contribution in [-0.2, 0) is 0 Å². The van der Waals surface area contributed by atoms with Gasteiger partial charge in [-0.15, -0.1) is 0 Å². The second kappa shape index (κ2) is 4.69. The summed E-state index contributed by atoms with van der Waals surface area (Å²) in [5.41, 5.74) is 9.65. The number of pyridine rings is 1. The van der Waals surface area contributed by atoms with Crippen molar-refractivity contribution in [2.75, 3.05) is 5.73 Å². The molecule has 3 heteroatoms. The largest absolute Gasteiger partial charge is 0.399 e. The molecule has 0 amide bonds. The lowest BCUT2D eigenvalue weighted by molar-refractivity contribution is 0.598. The fourth-order valence-corrected chi connectivity index (χ4v) is 2.41. The van der Waals surface area contributed by atoms with Crippen molar-refractivity contribution in [1.29, 1.82) is 0 Å². The lowest BCUT2D eigenvalue weighted by Gasteiger charge is -2.22. The summed E-state index contributed by atoms with van der Waals surface area (Å²) in [7, 11) is 0. The van der Waals surface area contributed by atoms with E-state index in [9.17, 15) is 4.79 Å². The summed E-state index contributed by atoms with van der Waals surface area (Å²) in [4.78, 5) is 11.4. The first kappa shape index (κ1) is 12.4. The van der Waals surface area contributed by atoms with E-state index in [0.717, 1.165) is 17.1 Å². The van der Waals surface area contributed by atoms with Crippen molar-refractivity contribution >= 4 is 5.69 Å². The monoisotopic (exact) mass is 242 g/mol. The molecule has 1 unspecified atom stereocenters. The number of nitrogens with zero attached hydrogens (tertiary/aromatic N) is 1. The van der Waals surface area contributed by atoms with Crippen molar-refractivity contribution in [3.8, 4) is 0 Å². The van der Waals surface area contributed by atoms with Crippen molar-refractivity contribution in [2.24, 2.45) is 0 Å². The maximum atomic E-state index is 11.4. The molecule has 0 saturated heterocycles. The number of nitrogens with two attached hydrogens (primary N) is 1. The molecule has 2 N–H and O–H groups in total. The zero-order valence-corrected chi connectivity index (χ0v) is 11.0. The first-order valence-electron chi connectivity index (χ1n) is 6.04. The minimum Gasteiger partial charge on any atom is -0.399 e. The van der Waals surface area contributed by atoms with Gasteiger partial charge in [-0.05, 0) is 38.5 Å². The van der Waals surface area contributed by atoms with Crippen LogP contribution in [0.5, 0.6) is 0 Å². The van der Waals surface area contributed by atoms with Crippen LogP contribution in [0.3, 0.4) is 0 Å². The Bertz CT molecular complexity index is 585. The third-order valence-electron chi connectivity index (χ3n) is 3.27. The van der Waals surface area contributed by atoms with Crippen LogP contribution in [0.4, 0.5) is 5.69 Å². The van der Waals surface area contributed by atoms with Crippen molar-refractivity contribution in [2.45, 2.75) is 26.8 Å². The summed E-state index contributed by atoms with van der Waals surface area (Å²) in [5.74, 6) is 0. The van der Waals surface area contributed by atoms with Crippen LogP contribution in [0.25, 0.3) is 0 Å². The van der Waals surface area contributed by atoms with Gasteiger partial charge in [0.05, 0.1) is 6.04 Å². The molecule has 18 heavy (non-hydrogen) atoms. The van der Waals surface area contributed by atoms with Crippen LogP contribution in [0.2, 0.25) is 0 Å². The number of benzene rings is 1. The summed E-state index contributed by atoms with van der Waals surface area (Å²) in [5, 5.41) is 0. The van der Waals surface area contributed by atoms with Crippen molar-refractivity contribution < 1.29 is 0 Å². The molecule has 2 rings (SSSR count). The molecular formula is C15H18N2O. The van der Waals surface area contributed by atoms with Crippen molar-refractivity contribution in [3.05, 3.63) is 63.6 Å². The standard InChI is InChI=1S/C15H18N2O/c1-10-8-15(18)9-11(2)17(10)12(3)13-4-6-14(16)7-5-13/h4-9,12H,16H2,1-3H3. The number of rotatable bonds is 2. The summed E-state index contributed by atoms with van der Waals surface area (Å²) >= 11 is 0. The number of anilines is 1. The minimum atomic E-state index is 0.0609. The maximum Gasteiger partial charge on any atom is 0.182 e. The molecule has 1 aromatic heterocycles. The summed E-state index contributed by atoms with van der Waals surface area (Å²) in [6.07, 6.45) is 0. The van der Waals surface area contributed by atoms with E-state index in [0.29, 0.717) is 0 Å². The third kappa shape index (κ3) is 2.30. The highest BCUT2D eigenvalue weighted by Gasteiger charge is 2.11. The second-order valence-corrected chi connectivity index (χ2v) is 4.69. The number of hydrogen-bond donors (Lipinski definition) is 1. The van der Waals surface area contributed by atoms with Gasteiger partial charge in [0.2, 0.25) is 0 Å². The van der Waals surface area contributed by atoms with Gasteiger partial charge in [0, 0.05) is 29.2 Å². The predicted molar refractivity (Wildman–Crippen MR) is 74.8 cm³/mol. The van der Waals surface area contributed by atoms with Gasteiger partial charge in [-0.25, -0.2) is 0 Å². The zero-order valence-electron chi connectivity index (χ0n) is 11.0. The molecule has 0 aliphatic heterocycles. The predicted octanol–water partition coefficient (Wildman–Crippen LogP) is 2.66. The van der Waals surface area contributed by atoms with E-state index < -0.39 is 0 Å². The van der Waals surface area contributed by atoms with Crippen molar-refractivity contribution in [3.63, 3.8) is 0 Å². The fourth-order valence-electron chi connectivity index (χ4n) is 2.41. The highest BCUT2D eigenvalue weighted by Crippen LogP contribution is 2.21. The van der Waals surface area contributed by atoms with Gasteiger partial charge in [-0.2, -0.15) is 0 Å². The topological polar surface area (TPSA) is 48.0 Å². The number of aryl methyl sites for hydroxylation is 2. The first-order valence-corrected chi connectivity index (χ1v) is 6.04. The zero-order chi connectivity index (χ0) is 13.3. The quantitative estimate of drug-likeness (QED) is 0.823. The Morgan fingerprint density at radius 2 is 1.56 bits per heavy atom. The molecule has 0 spiro atoms. The lowest BCUT2D eigenvalue weighted by atomic mass is 10.1. The summed E-state index contributed by atoms with van der Waals surface area (Å²) in [6, 6.07) is 11.4. The van der Waals surface area contributed by atoms with Crippen LogP contribution < -0.4 is 11.2 Å². The van der Waals surface area contributed by atoms with Gasteiger partial charge in [0.25, 0.3) is 0 Å². The molecule has 0 radical (unpaired) electrons. The van der Waals surface area contributed by atoms with Gasteiger partial charge in [0.1, 0.15) is 0 Å². The SMILES string of the molecule is Cc1cc(=O)cc(C)n1C(C)c1ccc(N)cc1. The maximum absolute atomic E-state index is 11.4. The third-order valence-corrected chi connectivity index (χ3v) is 3.27. The lowest BCUT2D eigenvalue weighted by Crippen LogP contribution is -2.17. The number of hydrogen-bond acceptors (Lipinski definition) is 2. The molecule has 2 aromatic rings. The Morgan fingerprint density at radius 3 is 2.06 bits per heavy atom. The highest BCUT2D eigenvalue weighted by atomic mass is 16.1. The molecule has 0 bridgehead atoms. The average molecular weight is 242 g/mol. The molecule has 0 fully saturated rings. The number of aromatic nitrogens is 1. The Hall–Kier alpha value is -2.03. The van der Waals surface area contributed by atoms with Crippen LogP contribution >= 0.6 is 0 Å². The van der Waals surface area contributed by atoms with Crippen LogP contribution in [-0.4, -0.2) is 4.57 Å². The molecule has 1 heterocycles.